The van der Waals surface area contributed by atoms with E-state index in [1.807, 2.05) is 12.1 Å². The van der Waals surface area contributed by atoms with Crippen LogP contribution in [0.1, 0.15) is 38.0 Å². The molecule has 0 aromatic heterocycles. The van der Waals surface area contributed by atoms with E-state index in [1.54, 1.807) is 48.5 Å². The van der Waals surface area contributed by atoms with Crippen LogP contribution >= 0.6 is 0 Å². The van der Waals surface area contributed by atoms with Gasteiger partial charge in [-0.3, -0.25) is 14.4 Å². The van der Waals surface area contributed by atoms with Crippen molar-refractivity contribution in [3.8, 4) is 0 Å². The minimum Gasteiger partial charge on any atom is -0.322 e. The van der Waals surface area contributed by atoms with Crippen LogP contribution in [-0.4, -0.2) is 17.6 Å². The van der Waals surface area contributed by atoms with Gasteiger partial charge in [0.1, 0.15) is 0 Å². The summed E-state index contributed by atoms with van der Waals surface area (Å²) in [5.74, 6) is -1.01. The molecule has 0 spiro atoms. The van der Waals surface area contributed by atoms with Gasteiger partial charge in [0.05, 0.1) is 0 Å². The number of anilines is 2. The molecule has 0 saturated heterocycles. The van der Waals surface area contributed by atoms with Crippen LogP contribution in [0.15, 0.2) is 78.9 Å². The van der Waals surface area contributed by atoms with E-state index in [0.29, 0.717) is 16.9 Å². The zero-order valence-electron chi connectivity index (χ0n) is 14.7. The molecular weight excluding hydrogens is 340 g/mol. The van der Waals surface area contributed by atoms with Crippen molar-refractivity contribution in [2.75, 3.05) is 10.6 Å². The fourth-order valence-corrected chi connectivity index (χ4v) is 2.54. The van der Waals surface area contributed by atoms with Crippen molar-refractivity contribution in [3.05, 3.63) is 95.6 Å². The van der Waals surface area contributed by atoms with Gasteiger partial charge in [0, 0.05) is 28.1 Å². The number of para-hydroxylation sites is 2. The zero-order valence-corrected chi connectivity index (χ0v) is 14.7. The van der Waals surface area contributed by atoms with Crippen molar-refractivity contribution in [1.82, 2.24) is 0 Å². The van der Waals surface area contributed by atoms with Gasteiger partial charge in [-0.15, -0.1) is 0 Å². The number of carbonyl (C=O) groups is 3. The molecular formula is C22H18N2O3. The molecule has 27 heavy (non-hydrogen) atoms. The van der Waals surface area contributed by atoms with Gasteiger partial charge in [0.25, 0.3) is 11.8 Å². The first-order valence-corrected chi connectivity index (χ1v) is 8.42. The molecule has 0 atom stereocenters. The summed E-state index contributed by atoms with van der Waals surface area (Å²) in [4.78, 5) is 37.0. The number of hydrogen-bond acceptors (Lipinski definition) is 3. The number of hydrogen-bond donors (Lipinski definition) is 2. The van der Waals surface area contributed by atoms with Gasteiger partial charge in [-0.2, -0.15) is 0 Å². The van der Waals surface area contributed by atoms with E-state index in [4.69, 9.17) is 0 Å². The third-order valence-corrected chi connectivity index (χ3v) is 3.93. The average molecular weight is 358 g/mol. The highest BCUT2D eigenvalue weighted by molar-refractivity contribution is 6.11. The summed E-state index contributed by atoms with van der Waals surface area (Å²) in [6.45, 7) is 1.40. The normalized spacial score (nSPS) is 10.1. The van der Waals surface area contributed by atoms with Crippen LogP contribution in [0.5, 0.6) is 0 Å². The van der Waals surface area contributed by atoms with Crippen LogP contribution < -0.4 is 10.6 Å². The standard InChI is InChI=1S/C22H18N2O3/c1-15(25)16-12-17(21(26)23-19-8-4-2-5-9-19)14-18(13-16)22(27)24-20-10-6-3-7-11-20/h2-14H,1H3,(H,23,26)(H,24,27). The number of amides is 2. The van der Waals surface area contributed by atoms with E-state index >= 15 is 0 Å². The maximum absolute atomic E-state index is 12.6. The van der Waals surface area contributed by atoms with Gasteiger partial charge in [-0.25, -0.2) is 0 Å². The predicted octanol–water partition coefficient (Wildman–Crippen LogP) is 4.39. The number of nitrogens with one attached hydrogen (secondary N) is 2. The highest BCUT2D eigenvalue weighted by Gasteiger charge is 2.15. The van der Waals surface area contributed by atoms with Crippen LogP contribution in [0.4, 0.5) is 11.4 Å². The van der Waals surface area contributed by atoms with Crippen LogP contribution in [0.25, 0.3) is 0 Å². The van der Waals surface area contributed by atoms with Crippen molar-refractivity contribution >= 4 is 29.0 Å². The Bertz CT molecular complexity index is 911. The van der Waals surface area contributed by atoms with Gasteiger partial charge >= 0.3 is 0 Å². The Morgan fingerprint density at radius 1 is 0.593 bits per heavy atom. The second kappa shape index (κ2) is 8.10. The first-order valence-electron chi connectivity index (χ1n) is 8.42. The summed E-state index contributed by atoms with van der Waals surface area (Å²) in [6.07, 6.45) is 0. The van der Waals surface area contributed by atoms with Crippen molar-refractivity contribution in [2.24, 2.45) is 0 Å². The number of Topliss-reactive ketones (excluding diaryl/α,β-unsaturated/α-hetero) is 1. The molecule has 3 aromatic carbocycles. The molecule has 0 heterocycles. The molecule has 0 radical (unpaired) electrons. The van der Waals surface area contributed by atoms with Gasteiger partial charge in [-0.1, -0.05) is 36.4 Å². The van der Waals surface area contributed by atoms with Crippen LogP contribution in [0.2, 0.25) is 0 Å². The molecule has 0 saturated carbocycles. The Kier molecular flexibility index (Phi) is 5.42. The number of benzene rings is 3. The van der Waals surface area contributed by atoms with Crippen molar-refractivity contribution < 1.29 is 14.4 Å². The molecule has 5 heteroatoms. The third-order valence-electron chi connectivity index (χ3n) is 3.93. The van der Waals surface area contributed by atoms with Gasteiger partial charge in [-0.05, 0) is 49.4 Å². The number of rotatable bonds is 5. The van der Waals surface area contributed by atoms with Crippen LogP contribution in [0.3, 0.4) is 0 Å². The molecule has 5 nitrogen and oxygen atoms in total. The molecule has 134 valence electrons. The Labute approximate surface area is 157 Å². The Balaban J connectivity index is 1.89. The SMILES string of the molecule is CC(=O)c1cc(C(=O)Nc2ccccc2)cc(C(=O)Nc2ccccc2)c1. The monoisotopic (exact) mass is 358 g/mol. The van der Waals surface area contributed by atoms with E-state index in [1.165, 1.54) is 25.1 Å². The van der Waals surface area contributed by atoms with Crippen LogP contribution in [0, 0.1) is 0 Å². The summed E-state index contributed by atoms with van der Waals surface area (Å²) in [5, 5.41) is 5.52. The maximum Gasteiger partial charge on any atom is 0.255 e. The lowest BCUT2D eigenvalue weighted by atomic mass is 10.0. The molecule has 2 N–H and O–H groups in total. The van der Waals surface area contributed by atoms with E-state index in [2.05, 4.69) is 10.6 Å². The average Bonchev–Trinajstić information content (AvgIpc) is 2.69. The molecule has 2 amide bonds. The molecule has 0 aliphatic heterocycles. The number of carbonyl (C=O) groups excluding carboxylic acids is 3. The summed E-state index contributed by atoms with van der Waals surface area (Å²) < 4.78 is 0. The highest BCUT2D eigenvalue weighted by atomic mass is 16.2. The lowest BCUT2D eigenvalue weighted by molar-refractivity contribution is 0.101. The molecule has 0 unspecified atom stereocenters. The minimum atomic E-state index is -0.391. The lowest BCUT2D eigenvalue weighted by Crippen LogP contribution is -2.17. The molecule has 0 aliphatic rings. The maximum atomic E-state index is 12.6. The Morgan fingerprint density at radius 2 is 0.963 bits per heavy atom. The first-order chi connectivity index (χ1) is 13.0. The third kappa shape index (κ3) is 4.67. The van der Waals surface area contributed by atoms with E-state index in [-0.39, 0.29) is 16.9 Å². The Hall–Kier alpha value is -3.73. The second-order valence-electron chi connectivity index (χ2n) is 6.00. The predicted molar refractivity (Wildman–Crippen MR) is 105 cm³/mol. The van der Waals surface area contributed by atoms with Crippen molar-refractivity contribution in [3.63, 3.8) is 0 Å². The molecule has 3 rings (SSSR count). The minimum absolute atomic E-state index is 0.224. The first kappa shape index (κ1) is 18.1. The van der Waals surface area contributed by atoms with Gasteiger partial charge in [0.2, 0.25) is 0 Å². The molecule has 0 aliphatic carbocycles. The van der Waals surface area contributed by atoms with Crippen molar-refractivity contribution in [1.29, 1.82) is 0 Å². The summed E-state index contributed by atoms with van der Waals surface area (Å²) in [5.41, 5.74) is 2.04. The molecule has 0 bridgehead atoms. The van der Waals surface area contributed by atoms with E-state index in [0.717, 1.165) is 0 Å². The molecule has 0 fully saturated rings. The van der Waals surface area contributed by atoms with Crippen molar-refractivity contribution in [2.45, 2.75) is 6.92 Å². The summed E-state index contributed by atoms with van der Waals surface area (Å²) in [7, 11) is 0. The largest absolute Gasteiger partial charge is 0.322 e. The zero-order chi connectivity index (χ0) is 19.2. The Morgan fingerprint density at radius 3 is 1.33 bits per heavy atom. The highest BCUT2D eigenvalue weighted by Crippen LogP contribution is 2.16. The summed E-state index contributed by atoms with van der Waals surface area (Å²) >= 11 is 0. The molecule has 3 aromatic rings. The summed E-state index contributed by atoms with van der Waals surface area (Å²) in [6, 6.07) is 22.4. The second-order valence-corrected chi connectivity index (χ2v) is 6.00. The van der Waals surface area contributed by atoms with Gasteiger partial charge < -0.3 is 10.6 Å². The van der Waals surface area contributed by atoms with Gasteiger partial charge in [0.15, 0.2) is 5.78 Å². The van der Waals surface area contributed by atoms with E-state index < -0.39 is 11.8 Å². The lowest BCUT2D eigenvalue weighted by Gasteiger charge is -2.10. The quantitative estimate of drug-likeness (QED) is 0.664. The smallest absolute Gasteiger partial charge is 0.255 e. The fraction of sp³-hybridized carbons (Fsp3) is 0.0455. The topological polar surface area (TPSA) is 75.3 Å². The fourth-order valence-electron chi connectivity index (χ4n) is 2.54. The van der Waals surface area contributed by atoms with Crippen LogP contribution in [-0.2, 0) is 0 Å². The number of ketones is 1. The van der Waals surface area contributed by atoms with E-state index in [9.17, 15) is 14.4 Å².